The fourth-order valence-electron chi connectivity index (χ4n) is 1.34. The van der Waals surface area contributed by atoms with Gasteiger partial charge in [-0.05, 0) is 12.1 Å². The van der Waals surface area contributed by atoms with Crippen molar-refractivity contribution in [2.45, 2.75) is 0 Å². The largest absolute Gasteiger partial charge is 0.478 e. The summed E-state index contributed by atoms with van der Waals surface area (Å²) < 4.78 is 0. The average molecular weight is 333 g/mol. The Morgan fingerprint density at radius 1 is 1.25 bits per heavy atom. The molecule has 0 bridgehead atoms. The second-order valence-electron chi connectivity index (χ2n) is 3.44. The first-order chi connectivity index (χ1) is 9.47. The molecule has 0 unspecified atom stereocenters. The minimum atomic E-state index is -1.26. The average Bonchev–Trinajstić information content (AvgIpc) is 2.84. The lowest BCUT2D eigenvalue weighted by molar-refractivity contribution is 0.0698. The van der Waals surface area contributed by atoms with E-state index in [0.717, 1.165) is 11.3 Å². The Morgan fingerprint density at radius 3 is 2.60 bits per heavy atom. The highest BCUT2D eigenvalue weighted by Crippen LogP contribution is 2.30. The van der Waals surface area contributed by atoms with Gasteiger partial charge in [0, 0.05) is 5.02 Å². The number of halogens is 2. The van der Waals surface area contributed by atoms with Crippen molar-refractivity contribution in [1.82, 2.24) is 10.2 Å². The number of aromatic nitrogens is 2. The standard InChI is InChI=1S/C10H6Cl2N4O3S/c11-4-1-5(8(17)18)7(6(12)2-4)14-9(19)15-10-16-13-3-20-10/h1-3H,(H,17,18)(H2,14,15,16,19). The Hall–Kier alpha value is -1.90. The summed E-state index contributed by atoms with van der Waals surface area (Å²) in [6, 6.07) is 1.83. The minimum absolute atomic E-state index is 0.0160. The highest BCUT2D eigenvalue weighted by Gasteiger charge is 2.17. The molecule has 0 aliphatic rings. The number of amides is 2. The minimum Gasteiger partial charge on any atom is -0.478 e. The first-order valence-electron chi connectivity index (χ1n) is 5.04. The van der Waals surface area contributed by atoms with Gasteiger partial charge in [-0.25, -0.2) is 9.59 Å². The second-order valence-corrected chi connectivity index (χ2v) is 5.12. The van der Waals surface area contributed by atoms with E-state index in [9.17, 15) is 9.59 Å². The molecule has 1 aromatic heterocycles. The van der Waals surface area contributed by atoms with Crippen LogP contribution in [0, 0.1) is 0 Å². The predicted octanol–water partition coefficient (Wildman–Crippen LogP) is 3.19. The summed E-state index contributed by atoms with van der Waals surface area (Å²) >= 11 is 12.7. The summed E-state index contributed by atoms with van der Waals surface area (Å²) in [5.41, 5.74) is 1.17. The number of carbonyl (C=O) groups is 2. The fourth-order valence-corrected chi connectivity index (χ4v) is 2.32. The van der Waals surface area contributed by atoms with Crippen molar-refractivity contribution in [1.29, 1.82) is 0 Å². The third-order valence-corrected chi connectivity index (χ3v) is 3.23. The van der Waals surface area contributed by atoms with Crippen molar-refractivity contribution in [3.05, 3.63) is 33.3 Å². The van der Waals surface area contributed by atoms with Crippen LogP contribution < -0.4 is 10.6 Å². The number of nitrogens with one attached hydrogen (secondary N) is 2. The van der Waals surface area contributed by atoms with E-state index in [4.69, 9.17) is 28.3 Å². The lowest BCUT2D eigenvalue weighted by Gasteiger charge is -2.11. The maximum absolute atomic E-state index is 11.7. The van der Waals surface area contributed by atoms with Crippen LogP contribution in [-0.2, 0) is 0 Å². The van der Waals surface area contributed by atoms with Gasteiger partial charge in [0.05, 0.1) is 16.3 Å². The number of urea groups is 1. The van der Waals surface area contributed by atoms with Crippen molar-refractivity contribution < 1.29 is 14.7 Å². The quantitative estimate of drug-likeness (QED) is 0.800. The monoisotopic (exact) mass is 332 g/mol. The van der Waals surface area contributed by atoms with Crippen molar-refractivity contribution >= 4 is 57.4 Å². The summed E-state index contributed by atoms with van der Waals surface area (Å²) in [6.45, 7) is 0. The summed E-state index contributed by atoms with van der Waals surface area (Å²) in [6.07, 6.45) is 0. The van der Waals surface area contributed by atoms with Crippen molar-refractivity contribution in [2.24, 2.45) is 0 Å². The molecular formula is C10H6Cl2N4O3S. The van der Waals surface area contributed by atoms with Gasteiger partial charge in [0.15, 0.2) is 0 Å². The molecule has 0 saturated carbocycles. The van der Waals surface area contributed by atoms with Crippen LogP contribution in [0.4, 0.5) is 15.6 Å². The first kappa shape index (κ1) is 14.5. The second kappa shape index (κ2) is 6.04. The molecule has 3 N–H and O–H groups in total. The van der Waals surface area contributed by atoms with Gasteiger partial charge in [0.2, 0.25) is 5.13 Å². The van der Waals surface area contributed by atoms with Crippen LogP contribution in [0.15, 0.2) is 17.6 Å². The summed E-state index contributed by atoms with van der Waals surface area (Å²) in [4.78, 5) is 22.8. The molecule has 0 aliphatic heterocycles. The van der Waals surface area contributed by atoms with Crippen LogP contribution in [0.3, 0.4) is 0 Å². The van der Waals surface area contributed by atoms with Gasteiger partial charge in [-0.3, -0.25) is 5.32 Å². The van der Waals surface area contributed by atoms with E-state index in [2.05, 4.69) is 20.8 Å². The Bertz CT molecular complexity index is 663. The highest BCUT2D eigenvalue weighted by atomic mass is 35.5. The normalized spacial score (nSPS) is 10.1. The van der Waals surface area contributed by atoms with E-state index in [0.29, 0.717) is 0 Å². The van der Waals surface area contributed by atoms with Crippen molar-refractivity contribution in [3.63, 3.8) is 0 Å². The molecule has 0 radical (unpaired) electrons. The number of carbonyl (C=O) groups excluding carboxylic acids is 1. The van der Waals surface area contributed by atoms with Gasteiger partial charge >= 0.3 is 12.0 Å². The zero-order valence-electron chi connectivity index (χ0n) is 9.55. The van der Waals surface area contributed by atoms with Gasteiger partial charge in [-0.2, -0.15) is 0 Å². The van der Waals surface area contributed by atoms with Gasteiger partial charge in [0.1, 0.15) is 5.51 Å². The molecule has 1 aromatic carbocycles. The molecule has 104 valence electrons. The number of aromatic carboxylic acids is 1. The van der Waals surface area contributed by atoms with E-state index >= 15 is 0 Å². The summed E-state index contributed by atoms with van der Waals surface area (Å²) in [5.74, 6) is -1.26. The molecule has 7 nitrogen and oxygen atoms in total. The van der Waals surface area contributed by atoms with Gasteiger partial charge in [0.25, 0.3) is 0 Å². The first-order valence-corrected chi connectivity index (χ1v) is 6.67. The number of rotatable bonds is 3. The fraction of sp³-hybridized carbons (Fsp3) is 0. The Balaban J connectivity index is 2.24. The molecule has 0 spiro atoms. The molecular weight excluding hydrogens is 327 g/mol. The van der Waals surface area contributed by atoms with E-state index in [1.165, 1.54) is 17.6 Å². The number of hydrogen-bond donors (Lipinski definition) is 3. The summed E-state index contributed by atoms with van der Waals surface area (Å²) in [5, 5.41) is 21.4. The summed E-state index contributed by atoms with van der Waals surface area (Å²) in [7, 11) is 0. The maximum atomic E-state index is 11.7. The zero-order valence-corrected chi connectivity index (χ0v) is 11.9. The third kappa shape index (κ3) is 3.35. The van der Waals surface area contributed by atoms with E-state index < -0.39 is 12.0 Å². The highest BCUT2D eigenvalue weighted by molar-refractivity contribution is 7.13. The lowest BCUT2D eigenvalue weighted by atomic mass is 10.2. The van der Waals surface area contributed by atoms with Crippen LogP contribution >= 0.6 is 34.5 Å². The lowest BCUT2D eigenvalue weighted by Crippen LogP contribution is -2.21. The van der Waals surface area contributed by atoms with Crippen LogP contribution in [0.5, 0.6) is 0 Å². The molecule has 0 saturated heterocycles. The number of nitrogens with zero attached hydrogens (tertiary/aromatic N) is 2. The maximum Gasteiger partial charge on any atom is 0.337 e. The SMILES string of the molecule is O=C(Nc1nncs1)Nc1c(Cl)cc(Cl)cc1C(=O)O. The van der Waals surface area contributed by atoms with Crippen LogP contribution in [0.25, 0.3) is 0 Å². The predicted molar refractivity (Wildman–Crippen MR) is 76.0 cm³/mol. The zero-order chi connectivity index (χ0) is 14.7. The molecule has 2 amide bonds. The number of anilines is 2. The Kier molecular flexibility index (Phi) is 4.38. The van der Waals surface area contributed by atoms with Gasteiger partial charge in [-0.15, -0.1) is 10.2 Å². The van der Waals surface area contributed by atoms with Crippen molar-refractivity contribution in [2.75, 3.05) is 10.6 Å². The molecule has 0 aliphatic carbocycles. The van der Waals surface area contributed by atoms with Gasteiger partial charge in [-0.1, -0.05) is 34.5 Å². The van der Waals surface area contributed by atoms with Crippen LogP contribution in [0.1, 0.15) is 10.4 Å². The van der Waals surface area contributed by atoms with E-state index in [-0.39, 0.29) is 26.4 Å². The Labute approximate surface area is 126 Å². The molecule has 20 heavy (non-hydrogen) atoms. The smallest absolute Gasteiger partial charge is 0.337 e. The molecule has 2 rings (SSSR count). The molecule has 0 atom stereocenters. The van der Waals surface area contributed by atoms with Crippen LogP contribution in [-0.4, -0.2) is 27.3 Å². The van der Waals surface area contributed by atoms with Crippen LogP contribution in [0.2, 0.25) is 10.0 Å². The molecule has 10 heteroatoms. The number of benzene rings is 1. The number of hydrogen-bond acceptors (Lipinski definition) is 5. The van der Waals surface area contributed by atoms with E-state index in [1.807, 2.05) is 0 Å². The molecule has 2 aromatic rings. The van der Waals surface area contributed by atoms with E-state index in [1.54, 1.807) is 0 Å². The van der Waals surface area contributed by atoms with Crippen molar-refractivity contribution in [3.8, 4) is 0 Å². The Morgan fingerprint density at radius 2 is 2.00 bits per heavy atom. The molecule has 0 fully saturated rings. The topological polar surface area (TPSA) is 104 Å². The number of carboxylic acid groups (broad SMARTS) is 1. The molecule has 1 heterocycles. The number of carboxylic acids is 1. The third-order valence-electron chi connectivity index (χ3n) is 2.10. The van der Waals surface area contributed by atoms with Gasteiger partial charge < -0.3 is 10.4 Å².